The predicted octanol–water partition coefficient (Wildman–Crippen LogP) is 3.42. The smallest absolute Gasteiger partial charge is 0.224 e. The number of aliphatic hydroxyl groups is 1. The van der Waals surface area contributed by atoms with Gasteiger partial charge in [-0.2, -0.15) is 0 Å². The van der Waals surface area contributed by atoms with Gasteiger partial charge in [0.05, 0.1) is 5.69 Å². The molecular weight excluding hydrogens is 448 g/mol. The van der Waals surface area contributed by atoms with Crippen LogP contribution in [0.4, 0.5) is 20.3 Å². The Balaban J connectivity index is 1.41. The van der Waals surface area contributed by atoms with Crippen LogP contribution in [-0.2, 0) is 11.2 Å². The topological polar surface area (TPSA) is 74.7 Å². The number of carbonyl (C=O) groups excluding carboxylic acids is 1. The minimum atomic E-state index is -1.08. The number of benzene rings is 1. The standard InChI is InChI=1S/C20H20BrF2N3O3/c21-12-9-15(23)19(24-10-12)26-7-5-20(28,6-8-26)11-29-16-3-2-14(22)18-13(16)1-4-17(27)25-18/h2-3,9-10,28H,1,4-8,11H2,(H,25,27). The van der Waals surface area contributed by atoms with Crippen LogP contribution < -0.4 is 15.0 Å². The van der Waals surface area contributed by atoms with Crippen LogP contribution >= 0.6 is 15.9 Å². The van der Waals surface area contributed by atoms with Crippen LogP contribution in [0.3, 0.4) is 0 Å². The molecule has 1 aromatic heterocycles. The maximum atomic E-state index is 14.1. The number of aromatic nitrogens is 1. The van der Waals surface area contributed by atoms with Gasteiger partial charge in [0.15, 0.2) is 11.6 Å². The Morgan fingerprint density at radius 2 is 2.00 bits per heavy atom. The van der Waals surface area contributed by atoms with Crippen LogP contribution in [0, 0.1) is 11.6 Å². The molecular formula is C20H20BrF2N3O3. The number of nitrogens with one attached hydrogen (secondary N) is 1. The molecule has 2 aliphatic heterocycles. The molecule has 0 spiro atoms. The SMILES string of the molecule is O=C1CCc2c(OCC3(O)CCN(c4ncc(Br)cc4F)CC3)ccc(F)c2N1. The molecule has 0 atom stereocenters. The molecule has 0 bridgehead atoms. The highest BCUT2D eigenvalue weighted by Gasteiger charge is 2.35. The molecule has 0 saturated carbocycles. The second-order valence-corrected chi connectivity index (χ2v) is 8.32. The number of halogens is 3. The maximum absolute atomic E-state index is 14.1. The van der Waals surface area contributed by atoms with Gasteiger partial charge < -0.3 is 20.1 Å². The first-order valence-electron chi connectivity index (χ1n) is 9.37. The number of hydrogen-bond acceptors (Lipinski definition) is 5. The Hall–Kier alpha value is -2.26. The Morgan fingerprint density at radius 1 is 1.24 bits per heavy atom. The molecule has 6 nitrogen and oxygen atoms in total. The Labute approximate surface area is 175 Å². The van der Waals surface area contributed by atoms with Gasteiger partial charge in [-0.25, -0.2) is 13.8 Å². The van der Waals surface area contributed by atoms with E-state index in [2.05, 4.69) is 26.2 Å². The fourth-order valence-electron chi connectivity index (χ4n) is 3.69. The lowest BCUT2D eigenvalue weighted by Gasteiger charge is -2.38. The first-order chi connectivity index (χ1) is 13.8. The fraction of sp³-hybridized carbons (Fsp3) is 0.400. The number of piperidine rings is 1. The lowest BCUT2D eigenvalue weighted by Crippen LogP contribution is -2.48. The molecule has 1 amide bonds. The van der Waals surface area contributed by atoms with Gasteiger partial charge in [0.2, 0.25) is 5.91 Å². The Bertz CT molecular complexity index is 949. The molecule has 0 radical (unpaired) electrons. The minimum absolute atomic E-state index is 0.0309. The highest BCUT2D eigenvalue weighted by atomic mass is 79.9. The van der Waals surface area contributed by atoms with Gasteiger partial charge in [-0.15, -0.1) is 0 Å². The molecule has 3 heterocycles. The highest BCUT2D eigenvalue weighted by Crippen LogP contribution is 2.35. The van der Waals surface area contributed by atoms with Crippen molar-refractivity contribution in [3.05, 3.63) is 46.1 Å². The Kier molecular flexibility index (Phi) is 5.44. The molecule has 2 N–H and O–H groups in total. The van der Waals surface area contributed by atoms with E-state index in [4.69, 9.17) is 4.74 Å². The summed E-state index contributed by atoms with van der Waals surface area (Å²) in [6.45, 7) is 0.898. The molecule has 29 heavy (non-hydrogen) atoms. The van der Waals surface area contributed by atoms with Crippen LogP contribution in [0.5, 0.6) is 5.75 Å². The quantitative estimate of drug-likeness (QED) is 0.720. The van der Waals surface area contributed by atoms with Crippen molar-refractivity contribution in [1.29, 1.82) is 0 Å². The van der Waals surface area contributed by atoms with Gasteiger partial charge in [0.1, 0.15) is 23.8 Å². The third-order valence-corrected chi connectivity index (χ3v) is 5.80. The van der Waals surface area contributed by atoms with Crippen LogP contribution in [-0.4, -0.2) is 41.3 Å². The monoisotopic (exact) mass is 467 g/mol. The van der Waals surface area contributed by atoms with E-state index in [1.54, 1.807) is 11.1 Å². The summed E-state index contributed by atoms with van der Waals surface area (Å²) < 4.78 is 34.5. The lowest BCUT2D eigenvalue weighted by atomic mass is 9.92. The molecule has 154 valence electrons. The van der Waals surface area contributed by atoms with E-state index >= 15 is 0 Å². The molecule has 9 heteroatoms. The zero-order chi connectivity index (χ0) is 20.6. The van der Waals surface area contributed by atoms with Crippen molar-refractivity contribution in [3.63, 3.8) is 0 Å². The fourth-order valence-corrected chi connectivity index (χ4v) is 3.99. The summed E-state index contributed by atoms with van der Waals surface area (Å²) in [7, 11) is 0. The van der Waals surface area contributed by atoms with Crippen LogP contribution in [0.2, 0.25) is 0 Å². The van der Waals surface area contributed by atoms with Crippen molar-refractivity contribution in [2.75, 3.05) is 29.9 Å². The minimum Gasteiger partial charge on any atom is -0.490 e. The average molecular weight is 468 g/mol. The number of rotatable bonds is 4. The molecule has 0 unspecified atom stereocenters. The molecule has 1 fully saturated rings. The summed E-state index contributed by atoms with van der Waals surface area (Å²) in [5, 5.41) is 13.4. The number of amides is 1. The largest absolute Gasteiger partial charge is 0.490 e. The van der Waals surface area contributed by atoms with Crippen LogP contribution in [0.25, 0.3) is 0 Å². The first-order valence-corrected chi connectivity index (χ1v) is 10.2. The van der Waals surface area contributed by atoms with Crippen molar-refractivity contribution in [2.24, 2.45) is 0 Å². The Morgan fingerprint density at radius 3 is 2.72 bits per heavy atom. The van der Waals surface area contributed by atoms with E-state index in [1.165, 1.54) is 18.2 Å². The summed E-state index contributed by atoms with van der Waals surface area (Å²) in [5.74, 6) is -0.428. The average Bonchev–Trinajstić information content (AvgIpc) is 2.69. The first kappa shape index (κ1) is 20.0. The van der Waals surface area contributed by atoms with Crippen molar-refractivity contribution in [2.45, 2.75) is 31.3 Å². The second-order valence-electron chi connectivity index (χ2n) is 7.41. The van der Waals surface area contributed by atoms with Gasteiger partial charge in [0, 0.05) is 35.7 Å². The van der Waals surface area contributed by atoms with E-state index in [-0.39, 0.29) is 30.4 Å². The number of pyridine rings is 1. The van der Waals surface area contributed by atoms with E-state index in [0.717, 1.165) is 0 Å². The van der Waals surface area contributed by atoms with Gasteiger partial charge in [-0.3, -0.25) is 4.79 Å². The number of fused-ring (bicyclic) bond motifs is 1. The molecule has 1 aromatic carbocycles. The number of nitrogens with zero attached hydrogens (tertiary/aromatic N) is 2. The number of carbonyl (C=O) groups is 1. The van der Waals surface area contributed by atoms with Crippen molar-refractivity contribution < 1.29 is 23.4 Å². The lowest BCUT2D eigenvalue weighted by molar-refractivity contribution is -0.116. The van der Waals surface area contributed by atoms with Crippen LogP contribution in [0.1, 0.15) is 24.8 Å². The van der Waals surface area contributed by atoms with E-state index in [0.29, 0.717) is 48.1 Å². The van der Waals surface area contributed by atoms with E-state index in [1.807, 2.05) is 0 Å². The summed E-state index contributed by atoms with van der Waals surface area (Å²) in [6.07, 6.45) is 2.94. The molecule has 0 aliphatic carbocycles. The summed E-state index contributed by atoms with van der Waals surface area (Å²) in [5.41, 5.74) is -0.328. The highest BCUT2D eigenvalue weighted by molar-refractivity contribution is 9.10. The summed E-state index contributed by atoms with van der Waals surface area (Å²) in [6, 6.07) is 4.13. The van der Waals surface area contributed by atoms with Gasteiger partial charge in [0.25, 0.3) is 0 Å². The molecule has 2 aromatic rings. The van der Waals surface area contributed by atoms with E-state index in [9.17, 15) is 18.7 Å². The van der Waals surface area contributed by atoms with E-state index < -0.39 is 17.2 Å². The third kappa shape index (κ3) is 4.20. The molecule has 2 aliphatic rings. The molecule has 4 rings (SSSR count). The number of anilines is 2. The van der Waals surface area contributed by atoms with Crippen molar-refractivity contribution in [1.82, 2.24) is 4.98 Å². The predicted molar refractivity (Wildman–Crippen MR) is 107 cm³/mol. The van der Waals surface area contributed by atoms with Gasteiger partial charge in [-0.1, -0.05) is 0 Å². The summed E-state index contributed by atoms with van der Waals surface area (Å²) in [4.78, 5) is 17.5. The number of ether oxygens (including phenoxy) is 1. The van der Waals surface area contributed by atoms with Crippen molar-refractivity contribution >= 4 is 33.3 Å². The normalized spacial score (nSPS) is 18.2. The third-order valence-electron chi connectivity index (χ3n) is 5.36. The van der Waals surface area contributed by atoms with Gasteiger partial charge >= 0.3 is 0 Å². The van der Waals surface area contributed by atoms with Gasteiger partial charge in [-0.05, 0) is 53.4 Å². The number of hydrogen-bond donors (Lipinski definition) is 2. The zero-order valence-electron chi connectivity index (χ0n) is 15.6. The second kappa shape index (κ2) is 7.87. The summed E-state index contributed by atoms with van der Waals surface area (Å²) >= 11 is 3.19. The van der Waals surface area contributed by atoms with Crippen LogP contribution in [0.15, 0.2) is 28.9 Å². The van der Waals surface area contributed by atoms with Crippen molar-refractivity contribution in [3.8, 4) is 5.75 Å². The maximum Gasteiger partial charge on any atom is 0.224 e. The zero-order valence-corrected chi connectivity index (χ0v) is 17.1. The molecule has 1 saturated heterocycles.